The van der Waals surface area contributed by atoms with Gasteiger partial charge in [0.25, 0.3) is 0 Å². The van der Waals surface area contributed by atoms with Gasteiger partial charge in [-0.15, -0.1) is 0 Å². The van der Waals surface area contributed by atoms with Crippen LogP contribution in [0.5, 0.6) is 17.2 Å². The summed E-state index contributed by atoms with van der Waals surface area (Å²) in [5.74, 6) is -1.57. The second-order valence-electron chi connectivity index (χ2n) is 8.37. The average Bonchev–Trinajstić information content (AvgIpc) is 3.32. The molecule has 4 rings (SSSR count). The first-order valence-electron chi connectivity index (χ1n) is 11.0. The molecule has 0 aliphatic carbocycles. The van der Waals surface area contributed by atoms with Crippen LogP contribution in [0, 0.1) is 11.8 Å². The van der Waals surface area contributed by atoms with Gasteiger partial charge in [0, 0.05) is 6.04 Å². The number of nitrogens with one attached hydrogen (secondary N) is 1. The fourth-order valence-electron chi connectivity index (χ4n) is 4.93. The van der Waals surface area contributed by atoms with Crippen molar-refractivity contribution in [1.82, 2.24) is 5.32 Å². The Morgan fingerprint density at radius 3 is 2.24 bits per heavy atom. The quantitative estimate of drug-likeness (QED) is 0.488. The van der Waals surface area contributed by atoms with Gasteiger partial charge >= 0.3 is 5.97 Å². The number of anilines is 1. The van der Waals surface area contributed by atoms with Crippen LogP contribution in [0.25, 0.3) is 0 Å². The van der Waals surface area contributed by atoms with Crippen LogP contribution in [0.3, 0.4) is 0 Å². The number of ether oxygens (including phenoxy) is 4. The molecule has 2 aliphatic rings. The highest BCUT2D eigenvalue weighted by atomic mass is 16.5. The topological polar surface area (TPSA) is 103 Å². The molecule has 2 saturated heterocycles. The van der Waals surface area contributed by atoms with Gasteiger partial charge in [-0.3, -0.25) is 19.7 Å². The molecule has 9 nitrogen and oxygen atoms in total. The summed E-state index contributed by atoms with van der Waals surface area (Å²) in [5.41, 5.74) is -0.284. The van der Waals surface area contributed by atoms with E-state index in [1.54, 1.807) is 56.3 Å². The van der Waals surface area contributed by atoms with Crippen molar-refractivity contribution >= 4 is 23.5 Å². The Kier molecular flexibility index (Phi) is 6.22. The SMILES string of the molecule is CCOC(=O)[C@]1(C)N[C@@H](c2ccc(OC)c(OC)c2)[C@H]2C(=O)N(c3ccc(OC)cc3)C(=O)[C@@H]21. The molecule has 0 saturated carbocycles. The van der Waals surface area contributed by atoms with Gasteiger partial charge in [0.1, 0.15) is 11.3 Å². The maximum absolute atomic E-state index is 13.7. The molecule has 2 aromatic carbocycles. The third-order valence-electron chi connectivity index (χ3n) is 6.58. The molecule has 2 amide bonds. The van der Waals surface area contributed by atoms with Crippen LogP contribution < -0.4 is 24.4 Å². The zero-order valence-electron chi connectivity index (χ0n) is 19.8. The Morgan fingerprint density at radius 1 is 0.971 bits per heavy atom. The van der Waals surface area contributed by atoms with Crippen molar-refractivity contribution in [3.05, 3.63) is 48.0 Å². The summed E-state index contributed by atoms with van der Waals surface area (Å²) in [6, 6.07) is 11.3. The lowest BCUT2D eigenvalue weighted by Crippen LogP contribution is -2.54. The molecular formula is C25H28N2O7. The van der Waals surface area contributed by atoms with Gasteiger partial charge in [0.2, 0.25) is 11.8 Å². The number of imide groups is 1. The Hall–Kier alpha value is -3.59. The van der Waals surface area contributed by atoms with Crippen molar-refractivity contribution in [2.75, 3.05) is 32.8 Å². The smallest absolute Gasteiger partial charge is 0.326 e. The summed E-state index contributed by atoms with van der Waals surface area (Å²) >= 11 is 0. The second-order valence-corrected chi connectivity index (χ2v) is 8.37. The Bertz CT molecular complexity index is 1120. The highest BCUT2D eigenvalue weighted by Gasteiger charge is 2.67. The van der Waals surface area contributed by atoms with Crippen molar-refractivity contribution in [2.24, 2.45) is 11.8 Å². The molecule has 0 bridgehead atoms. The molecular weight excluding hydrogens is 440 g/mol. The maximum Gasteiger partial charge on any atom is 0.326 e. The van der Waals surface area contributed by atoms with E-state index in [0.717, 1.165) is 4.90 Å². The van der Waals surface area contributed by atoms with Crippen molar-refractivity contribution in [3.8, 4) is 17.2 Å². The largest absolute Gasteiger partial charge is 0.497 e. The minimum Gasteiger partial charge on any atom is -0.497 e. The minimum atomic E-state index is -1.40. The Labute approximate surface area is 197 Å². The first kappa shape index (κ1) is 23.6. The third kappa shape index (κ3) is 3.56. The molecule has 0 spiro atoms. The highest BCUT2D eigenvalue weighted by molar-refractivity contribution is 6.24. The molecule has 180 valence electrons. The molecule has 0 aromatic heterocycles. The lowest BCUT2D eigenvalue weighted by atomic mass is 9.80. The van der Waals surface area contributed by atoms with E-state index < -0.39 is 35.3 Å². The van der Waals surface area contributed by atoms with Crippen LogP contribution in [0.4, 0.5) is 5.69 Å². The van der Waals surface area contributed by atoms with Gasteiger partial charge in [-0.2, -0.15) is 0 Å². The monoisotopic (exact) mass is 468 g/mol. The molecule has 0 radical (unpaired) electrons. The fourth-order valence-corrected chi connectivity index (χ4v) is 4.93. The number of methoxy groups -OCH3 is 3. The number of benzene rings is 2. The van der Waals surface area contributed by atoms with E-state index in [-0.39, 0.29) is 12.5 Å². The Balaban J connectivity index is 1.80. The average molecular weight is 469 g/mol. The van der Waals surface area contributed by atoms with Crippen LogP contribution in [0.15, 0.2) is 42.5 Å². The first-order chi connectivity index (χ1) is 16.3. The number of esters is 1. The molecule has 9 heteroatoms. The van der Waals surface area contributed by atoms with Gasteiger partial charge in [-0.1, -0.05) is 6.07 Å². The van der Waals surface area contributed by atoms with Crippen LogP contribution in [-0.4, -0.2) is 51.3 Å². The standard InChI is InChI=1S/C25H28N2O7/c1-6-34-24(30)25(2)20-19(21(26-25)14-7-12-17(32-4)18(13-14)33-5)22(28)27(23(20)29)15-8-10-16(31-3)11-9-15/h7-13,19-21,26H,6H2,1-5H3/t19-,20+,21-,25+/m0/s1. The van der Waals surface area contributed by atoms with Crippen molar-refractivity contribution < 1.29 is 33.3 Å². The summed E-state index contributed by atoms with van der Waals surface area (Å²) in [7, 11) is 4.59. The van der Waals surface area contributed by atoms with Crippen LogP contribution in [0.1, 0.15) is 25.5 Å². The van der Waals surface area contributed by atoms with E-state index in [9.17, 15) is 14.4 Å². The molecule has 2 aromatic rings. The van der Waals surface area contributed by atoms with E-state index >= 15 is 0 Å². The number of hydrogen-bond acceptors (Lipinski definition) is 8. The second kappa shape index (κ2) is 8.98. The fraction of sp³-hybridized carbons (Fsp3) is 0.400. The molecule has 4 atom stereocenters. The molecule has 2 fully saturated rings. The predicted octanol–water partition coefficient (Wildman–Crippen LogP) is 2.48. The van der Waals surface area contributed by atoms with E-state index in [2.05, 4.69) is 5.32 Å². The van der Waals surface area contributed by atoms with E-state index in [1.807, 2.05) is 0 Å². The molecule has 0 unspecified atom stereocenters. The van der Waals surface area contributed by atoms with Gasteiger partial charge in [-0.05, 0) is 55.8 Å². The molecule has 2 heterocycles. The van der Waals surface area contributed by atoms with Crippen molar-refractivity contribution in [1.29, 1.82) is 0 Å². The zero-order valence-corrected chi connectivity index (χ0v) is 19.8. The number of nitrogens with zero attached hydrogens (tertiary/aromatic N) is 1. The van der Waals surface area contributed by atoms with Gasteiger partial charge in [0.15, 0.2) is 11.5 Å². The molecule has 1 N–H and O–H groups in total. The normalized spacial score (nSPS) is 25.8. The number of fused-ring (bicyclic) bond motifs is 1. The maximum atomic E-state index is 13.7. The van der Waals surface area contributed by atoms with Gasteiger partial charge in [-0.25, -0.2) is 4.90 Å². The summed E-state index contributed by atoms with van der Waals surface area (Å²) in [6.07, 6.45) is 0. The summed E-state index contributed by atoms with van der Waals surface area (Å²) < 4.78 is 21.3. The minimum absolute atomic E-state index is 0.152. The number of carbonyl (C=O) groups is 3. The lowest BCUT2D eigenvalue weighted by molar-refractivity contribution is -0.153. The number of rotatable bonds is 7. The van der Waals surface area contributed by atoms with E-state index in [1.165, 1.54) is 21.3 Å². The van der Waals surface area contributed by atoms with Gasteiger partial charge in [0.05, 0.1) is 45.5 Å². The summed E-state index contributed by atoms with van der Waals surface area (Å²) in [5, 5.41) is 3.25. The van der Waals surface area contributed by atoms with Crippen LogP contribution >= 0.6 is 0 Å². The highest BCUT2D eigenvalue weighted by Crippen LogP contribution is 2.50. The molecule has 2 aliphatic heterocycles. The van der Waals surface area contributed by atoms with E-state index in [4.69, 9.17) is 18.9 Å². The summed E-state index contributed by atoms with van der Waals surface area (Å²) in [4.78, 5) is 41.6. The lowest BCUT2D eigenvalue weighted by Gasteiger charge is -2.29. The van der Waals surface area contributed by atoms with Gasteiger partial charge < -0.3 is 18.9 Å². The Morgan fingerprint density at radius 2 is 1.65 bits per heavy atom. The third-order valence-corrected chi connectivity index (χ3v) is 6.58. The van der Waals surface area contributed by atoms with Crippen LogP contribution in [0.2, 0.25) is 0 Å². The number of hydrogen-bond donors (Lipinski definition) is 1. The number of amides is 2. The number of carbonyl (C=O) groups excluding carboxylic acids is 3. The zero-order chi connectivity index (χ0) is 24.6. The predicted molar refractivity (Wildman–Crippen MR) is 123 cm³/mol. The van der Waals surface area contributed by atoms with E-state index in [0.29, 0.717) is 28.5 Å². The first-order valence-corrected chi connectivity index (χ1v) is 11.0. The van der Waals surface area contributed by atoms with Crippen molar-refractivity contribution in [2.45, 2.75) is 25.4 Å². The van der Waals surface area contributed by atoms with Crippen LogP contribution in [-0.2, 0) is 19.1 Å². The molecule has 34 heavy (non-hydrogen) atoms. The van der Waals surface area contributed by atoms with Crippen molar-refractivity contribution in [3.63, 3.8) is 0 Å². The summed E-state index contributed by atoms with van der Waals surface area (Å²) in [6.45, 7) is 3.47.